The lowest BCUT2D eigenvalue weighted by Gasteiger charge is -2.27. The third-order valence-corrected chi connectivity index (χ3v) is 5.82. The number of anilines is 4. The van der Waals surface area contributed by atoms with Crippen molar-refractivity contribution < 1.29 is 4.79 Å². The SMILES string of the molecule is Cc1cc(Nc2ccc(NC(=O)c3c(C)nc4ccccn34)cc2)nc(N2CCCCC2)n1. The maximum absolute atomic E-state index is 12.9. The number of aryl methyl sites for hydroxylation is 2. The fraction of sp³-hybridized carbons (Fsp3) is 0.280. The Bertz CT molecular complexity index is 1290. The highest BCUT2D eigenvalue weighted by molar-refractivity contribution is 6.04. The van der Waals surface area contributed by atoms with E-state index in [0.29, 0.717) is 17.1 Å². The summed E-state index contributed by atoms with van der Waals surface area (Å²) in [6.07, 6.45) is 5.48. The van der Waals surface area contributed by atoms with Crippen LogP contribution < -0.4 is 15.5 Å². The number of carbonyl (C=O) groups is 1. The molecule has 8 nitrogen and oxygen atoms in total. The first-order valence-electron chi connectivity index (χ1n) is 11.3. The Kier molecular flexibility index (Phi) is 5.64. The van der Waals surface area contributed by atoms with E-state index < -0.39 is 0 Å². The number of nitrogens with zero attached hydrogens (tertiary/aromatic N) is 5. The van der Waals surface area contributed by atoms with E-state index in [-0.39, 0.29) is 5.91 Å². The Hall–Kier alpha value is -3.94. The number of piperidine rings is 1. The van der Waals surface area contributed by atoms with Crippen LogP contribution in [0.25, 0.3) is 5.65 Å². The molecule has 168 valence electrons. The maximum atomic E-state index is 12.9. The van der Waals surface area contributed by atoms with Crippen molar-refractivity contribution in [1.82, 2.24) is 19.4 Å². The van der Waals surface area contributed by atoms with E-state index in [0.717, 1.165) is 41.9 Å². The van der Waals surface area contributed by atoms with Crippen LogP contribution in [0.3, 0.4) is 0 Å². The van der Waals surface area contributed by atoms with Gasteiger partial charge in [-0.3, -0.25) is 9.20 Å². The molecule has 0 radical (unpaired) electrons. The largest absolute Gasteiger partial charge is 0.341 e. The number of hydrogen-bond acceptors (Lipinski definition) is 6. The molecule has 0 atom stereocenters. The number of benzene rings is 1. The molecule has 1 aliphatic heterocycles. The summed E-state index contributed by atoms with van der Waals surface area (Å²) in [4.78, 5) is 29.0. The molecule has 5 rings (SSSR count). The zero-order valence-electron chi connectivity index (χ0n) is 18.9. The Labute approximate surface area is 192 Å². The van der Waals surface area contributed by atoms with Gasteiger partial charge in [-0.2, -0.15) is 4.98 Å². The number of amides is 1. The molecule has 0 bridgehead atoms. The fourth-order valence-electron chi connectivity index (χ4n) is 4.21. The zero-order valence-corrected chi connectivity index (χ0v) is 18.9. The van der Waals surface area contributed by atoms with Crippen LogP contribution in [0.15, 0.2) is 54.7 Å². The molecule has 0 aliphatic carbocycles. The van der Waals surface area contributed by atoms with Crippen molar-refractivity contribution in [2.75, 3.05) is 28.6 Å². The van der Waals surface area contributed by atoms with Crippen LogP contribution in [-0.4, -0.2) is 38.3 Å². The summed E-state index contributed by atoms with van der Waals surface area (Å²) < 4.78 is 1.80. The molecular formula is C25H27N7O. The van der Waals surface area contributed by atoms with Crippen molar-refractivity contribution in [2.24, 2.45) is 0 Å². The monoisotopic (exact) mass is 441 g/mol. The first-order valence-corrected chi connectivity index (χ1v) is 11.3. The summed E-state index contributed by atoms with van der Waals surface area (Å²) >= 11 is 0. The second-order valence-electron chi connectivity index (χ2n) is 8.37. The lowest BCUT2D eigenvalue weighted by molar-refractivity contribution is 0.102. The van der Waals surface area contributed by atoms with Gasteiger partial charge in [0.25, 0.3) is 5.91 Å². The van der Waals surface area contributed by atoms with Gasteiger partial charge >= 0.3 is 0 Å². The molecule has 33 heavy (non-hydrogen) atoms. The van der Waals surface area contributed by atoms with Crippen LogP contribution in [0.2, 0.25) is 0 Å². The number of aromatic nitrogens is 4. The molecule has 0 spiro atoms. The predicted octanol–water partition coefficient (Wildman–Crippen LogP) is 4.73. The summed E-state index contributed by atoms with van der Waals surface area (Å²) in [5, 5.41) is 6.33. The van der Waals surface area contributed by atoms with Crippen molar-refractivity contribution in [1.29, 1.82) is 0 Å². The van der Waals surface area contributed by atoms with Gasteiger partial charge in [0.1, 0.15) is 17.2 Å². The van der Waals surface area contributed by atoms with Gasteiger partial charge in [-0.15, -0.1) is 0 Å². The normalized spacial score (nSPS) is 13.8. The number of hydrogen-bond donors (Lipinski definition) is 2. The van der Waals surface area contributed by atoms with Crippen LogP contribution in [0.5, 0.6) is 0 Å². The topological polar surface area (TPSA) is 87.4 Å². The average Bonchev–Trinajstić information content (AvgIpc) is 3.16. The van der Waals surface area contributed by atoms with Gasteiger partial charge in [-0.1, -0.05) is 6.07 Å². The van der Waals surface area contributed by atoms with Gasteiger partial charge < -0.3 is 15.5 Å². The van der Waals surface area contributed by atoms with Gasteiger partial charge in [0.05, 0.1) is 5.69 Å². The number of fused-ring (bicyclic) bond motifs is 1. The van der Waals surface area contributed by atoms with E-state index >= 15 is 0 Å². The van der Waals surface area contributed by atoms with Crippen LogP contribution in [0, 0.1) is 13.8 Å². The molecule has 0 saturated carbocycles. The number of imidazole rings is 1. The minimum atomic E-state index is -0.190. The smallest absolute Gasteiger partial charge is 0.274 e. The van der Waals surface area contributed by atoms with E-state index in [2.05, 4.69) is 25.5 Å². The minimum absolute atomic E-state index is 0.190. The van der Waals surface area contributed by atoms with Gasteiger partial charge in [-0.25, -0.2) is 9.97 Å². The lowest BCUT2D eigenvalue weighted by atomic mass is 10.1. The number of rotatable bonds is 5. The van der Waals surface area contributed by atoms with Crippen LogP contribution in [0.1, 0.15) is 41.1 Å². The molecule has 4 heterocycles. The van der Waals surface area contributed by atoms with Crippen LogP contribution in [0.4, 0.5) is 23.1 Å². The van der Waals surface area contributed by atoms with Gasteiger partial charge in [0.2, 0.25) is 5.95 Å². The van der Waals surface area contributed by atoms with Crippen molar-refractivity contribution in [3.05, 3.63) is 71.8 Å². The summed E-state index contributed by atoms with van der Waals surface area (Å²) in [6.45, 7) is 5.84. The highest BCUT2D eigenvalue weighted by Gasteiger charge is 2.17. The molecule has 0 unspecified atom stereocenters. The highest BCUT2D eigenvalue weighted by Crippen LogP contribution is 2.23. The minimum Gasteiger partial charge on any atom is -0.341 e. The number of pyridine rings is 1. The Morgan fingerprint density at radius 1 is 0.909 bits per heavy atom. The molecule has 8 heteroatoms. The summed E-state index contributed by atoms with van der Waals surface area (Å²) in [6, 6.07) is 15.2. The maximum Gasteiger partial charge on any atom is 0.274 e. The quantitative estimate of drug-likeness (QED) is 0.466. The average molecular weight is 442 g/mol. The first-order chi connectivity index (χ1) is 16.1. The molecule has 1 amide bonds. The lowest BCUT2D eigenvalue weighted by Crippen LogP contribution is -2.31. The Morgan fingerprint density at radius 2 is 1.67 bits per heavy atom. The van der Waals surface area contributed by atoms with Crippen LogP contribution >= 0.6 is 0 Å². The standard InChI is InChI=1S/C25H27N7O/c1-17-16-21(30-25(26-17)31-13-5-3-6-14-31)28-19-9-11-20(12-10-19)29-24(33)23-18(2)27-22-8-4-7-15-32(22)23/h4,7-12,15-16H,3,5-6,13-14H2,1-2H3,(H,29,33)(H,26,28,30). The Morgan fingerprint density at radius 3 is 2.45 bits per heavy atom. The van der Waals surface area contributed by atoms with Crippen molar-refractivity contribution in [3.63, 3.8) is 0 Å². The molecule has 1 saturated heterocycles. The second kappa shape index (κ2) is 8.90. The molecule has 2 N–H and O–H groups in total. The van der Waals surface area contributed by atoms with Gasteiger partial charge in [0.15, 0.2) is 0 Å². The molecule has 4 aromatic rings. The predicted molar refractivity (Wildman–Crippen MR) is 130 cm³/mol. The molecular weight excluding hydrogens is 414 g/mol. The fourth-order valence-corrected chi connectivity index (χ4v) is 4.21. The van der Waals surface area contributed by atoms with E-state index in [9.17, 15) is 4.79 Å². The second-order valence-corrected chi connectivity index (χ2v) is 8.37. The molecule has 3 aromatic heterocycles. The van der Waals surface area contributed by atoms with Gasteiger partial charge in [-0.05, 0) is 69.5 Å². The van der Waals surface area contributed by atoms with Gasteiger partial charge in [0, 0.05) is 42.4 Å². The zero-order chi connectivity index (χ0) is 22.8. The molecule has 1 fully saturated rings. The third kappa shape index (κ3) is 4.50. The van der Waals surface area contributed by atoms with Crippen molar-refractivity contribution in [3.8, 4) is 0 Å². The summed E-state index contributed by atoms with van der Waals surface area (Å²) in [5.74, 6) is 1.36. The number of nitrogens with one attached hydrogen (secondary N) is 2. The number of carbonyl (C=O) groups excluding carboxylic acids is 1. The van der Waals surface area contributed by atoms with E-state index in [1.807, 2.05) is 68.6 Å². The van der Waals surface area contributed by atoms with E-state index in [4.69, 9.17) is 4.98 Å². The molecule has 1 aliphatic rings. The van der Waals surface area contributed by atoms with Crippen molar-refractivity contribution >= 4 is 34.7 Å². The van der Waals surface area contributed by atoms with E-state index in [1.54, 1.807) is 4.40 Å². The van der Waals surface area contributed by atoms with E-state index in [1.165, 1.54) is 19.3 Å². The Balaban J connectivity index is 1.29. The highest BCUT2D eigenvalue weighted by atomic mass is 16.2. The van der Waals surface area contributed by atoms with Crippen LogP contribution in [-0.2, 0) is 0 Å². The summed E-state index contributed by atoms with van der Waals surface area (Å²) in [5.41, 5.74) is 4.52. The van der Waals surface area contributed by atoms with Crippen molar-refractivity contribution in [2.45, 2.75) is 33.1 Å². The molecule has 1 aromatic carbocycles. The first kappa shape index (κ1) is 20.9. The third-order valence-electron chi connectivity index (χ3n) is 5.82. The summed E-state index contributed by atoms with van der Waals surface area (Å²) in [7, 11) is 0.